The highest BCUT2D eigenvalue weighted by molar-refractivity contribution is 7.13. The topological polar surface area (TPSA) is 16.1 Å². The van der Waals surface area contributed by atoms with Crippen LogP contribution in [0.3, 0.4) is 0 Å². The summed E-state index contributed by atoms with van der Waals surface area (Å²) in [6.45, 7) is 4.15. The van der Waals surface area contributed by atoms with Gasteiger partial charge in [-0.3, -0.25) is 0 Å². The maximum atomic E-state index is 6.03. The average Bonchev–Trinajstić information content (AvgIpc) is 2.53. The third kappa shape index (κ3) is 2.15. The van der Waals surface area contributed by atoms with Crippen LogP contribution in [0.1, 0.15) is 18.5 Å². The molecule has 0 unspecified atom stereocenters. The molecule has 0 bridgehead atoms. The number of aromatic nitrogens is 1. The lowest BCUT2D eigenvalue weighted by Gasteiger charge is -2.28. The van der Waals surface area contributed by atoms with Gasteiger partial charge >= 0.3 is 0 Å². The van der Waals surface area contributed by atoms with Gasteiger partial charge in [-0.1, -0.05) is 0 Å². The molecule has 1 fully saturated rings. The maximum Gasteiger partial charge on any atom is 0.185 e. The van der Waals surface area contributed by atoms with Gasteiger partial charge < -0.3 is 4.90 Å². The second-order valence-corrected chi connectivity index (χ2v) is 4.89. The summed E-state index contributed by atoms with van der Waals surface area (Å²) in [6.07, 6.45) is 2.17. The van der Waals surface area contributed by atoms with E-state index in [1.807, 2.05) is 6.92 Å². The fraction of sp³-hybridized carbons (Fsp3) is 0.667. The monoisotopic (exact) mass is 216 g/mol. The van der Waals surface area contributed by atoms with Crippen molar-refractivity contribution in [3.05, 3.63) is 11.1 Å². The molecule has 0 spiro atoms. The Hall–Kier alpha value is -0.280. The molecule has 0 N–H and O–H groups in total. The first kappa shape index (κ1) is 9.28. The van der Waals surface area contributed by atoms with Gasteiger partial charge in [0, 0.05) is 23.8 Å². The summed E-state index contributed by atoms with van der Waals surface area (Å²) in [4.78, 5) is 6.79. The molecular weight excluding hydrogens is 204 g/mol. The summed E-state index contributed by atoms with van der Waals surface area (Å²) in [5, 5.41) is 3.63. The molecule has 13 heavy (non-hydrogen) atoms. The fourth-order valence-electron chi connectivity index (χ4n) is 1.53. The maximum absolute atomic E-state index is 6.03. The molecule has 1 aromatic rings. The van der Waals surface area contributed by atoms with E-state index in [1.165, 1.54) is 0 Å². The molecule has 0 amide bonds. The molecule has 0 aromatic carbocycles. The van der Waals surface area contributed by atoms with Gasteiger partial charge in [0.25, 0.3) is 0 Å². The number of alkyl halides is 1. The molecule has 2 heterocycles. The minimum atomic E-state index is 0.373. The highest BCUT2D eigenvalue weighted by Gasteiger charge is 2.18. The highest BCUT2D eigenvalue weighted by Crippen LogP contribution is 2.25. The van der Waals surface area contributed by atoms with Crippen LogP contribution in [0.15, 0.2) is 5.38 Å². The second kappa shape index (κ2) is 3.84. The standard InChI is InChI=1S/C9H13ClN2S/c1-7-6-13-9(11-7)12-4-2-8(10)3-5-12/h6,8H,2-5H2,1H3. The van der Waals surface area contributed by atoms with E-state index in [4.69, 9.17) is 11.6 Å². The number of aryl methyl sites for hydroxylation is 1. The molecule has 4 heteroatoms. The van der Waals surface area contributed by atoms with Crippen molar-refractivity contribution in [3.8, 4) is 0 Å². The van der Waals surface area contributed by atoms with Gasteiger partial charge in [0.2, 0.25) is 0 Å². The van der Waals surface area contributed by atoms with E-state index in [1.54, 1.807) is 11.3 Å². The van der Waals surface area contributed by atoms with E-state index in [9.17, 15) is 0 Å². The Morgan fingerprint density at radius 3 is 2.77 bits per heavy atom. The first-order chi connectivity index (χ1) is 6.25. The fourth-order valence-corrected chi connectivity index (χ4v) is 2.58. The summed E-state index contributed by atoms with van der Waals surface area (Å²) < 4.78 is 0. The van der Waals surface area contributed by atoms with Crippen molar-refractivity contribution < 1.29 is 0 Å². The molecule has 1 aromatic heterocycles. The van der Waals surface area contributed by atoms with Crippen molar-refractivity contribution in [2.75, 3.05) is 18.0 Å². The molecular formula is C9H13ClN2S. The van der Waals surface area contributed by atoms with Gasteiger partial charge in [0.15, 0.2) is 5.13 Å². The minimum Gasteiger partial charge on any atom is -0.348 e. The molecule has 0 atom stereocenters. The summed E-state index contributed by atoms with van der Waals surface area (Å²) in [5.41, 5.74) is 1.12. The number of hydrogen-bond acceptors (Lipinski definition) is 3. The van der Waals surface area contributed by atoms with Crippen molar-refractivity contribution >= 4 is 28.1 Å². The third-order valence-corrected chi connectivity index (χ3v) is 3.76. The molecule has 2 nitrogen and oxygen atoms in total. The summed E-state index contributed by atoms with van der Waals surface area (Å²) in [5.74, 6) is 0. The lowest BCUT2D eigenvalue weighted by atomic mass is 10.1. The Kier molecular flexibility index (Phi) is 2.74. The van der Waals surface area contributed by atoms with Gasteiger partial charge in [-0.2, -0.15) is 0 Å². The Bertz CT molecular complexity index is 279. The van der Waals surface area contributed by atoms with Crippen LogP contribution in [0.2, 0.25) is 0 Å². The number of hydrogen-bond donors (Lipinski definition) is 0. The smallest absolute Gasteiger partial charge is 0.185 e. The second-order valence-electron chi connectivity index (χ2n) is 3.43. The largest absolute Gasteiger partial charge is 0.348 e. The third-order valence-electron chi connectivity index (χ3n) is 2.30. The molecule has 2 rings (SSSR count). The predicted molar refractivity (Wildman–Crippen MR) is 57.9 cm³/mol. The van der Waals surface area contributed by atoms with E-state index in [-0.39, 0.29) is 0 Å². The van der Waals surface area contributed by atoms with Crippen molar-refractivity contribution in [3.63, 3.8) is 0 Å². The van der Waals surface area contributed by atoms with Gasteiger partial charge in [-0.25, -0.2) is 4.98 Å². The Labute approximate surface area is 87.5 Å². The number of anilines is 1. The first-order valence-electron chi connectivity index (χ1n) is 4.57. The van der Waals surface area contributed by atoms with Crippen LogP contribution in [0.5, 0.6) is 0 Å². The van der Waals surface area contributed by atoms with Crippen LogP contribution in [0, 0.1) is 6.92 Å². The molecule has 0 saturated carbocycles. The predicted octanol–water partition coefficient (Wildman–Crippen LogP) is 2.66. The molecule has 1 aliphatic rings. The molecule has 0 aliphatic carbocycles. The van der Waals surface area contributed by atoms with Crippen molar-refractivity contribution in [2.24, 2.45) is 0 Å². The minimum absolute atomic E-state index is 0.373. The zero-order valence-electron chi connectivity index (χ0n) is 7.66. The van der Waals surface area contributed by atoms with Gasteiger partial charge in [-0.15, -0.1) is 22.9 Å². The normalized spacial score (nSPS) is 19.4. The van der Waals surface area contributed by atoms with E-state index >= 15 is 0 Å². The average molecular weight is 217 g/mol. The Morgan fingerprint density at radius 2 is 2.23 bits per heavy atom. The van der Waals surface area contributed by atoms with E-state index in [0.29, 0.717) is 5.38 Å². The highest BCUT2D eigenvalue weighted by atomic mass is 35.5. The SMILES string of the molecule is Cc1csc(N2CCC(Cl)CC2)n1. The lowest BCUT2D eigenvalue weighted by Crippen LogP contribution is -2.33. The van der Waals surface area contributed by atoms with E-state index in [2.05, 4.69) is 15.3 Å². The number of halogens is 1. The van der Waals surface area contributed by atoms with Crippen LogP contribution >= 0.6 is 22.9 Å². The Morgan fingerprint density at radius 1 is 1.54 bits per heavy atom. The van der Waals surface area contributed by atoms with Crippen molar-refractivity contribution in [2.45, 2.75) is 25.1 Å². The van der Waals surface area contributed by atoms with Gasteiger partial charge in [0.1, 0.15) is 0 Å². The number of piperidine rings is 1. The lowest BCUT2D eigenvalue weighted by molar-refractivity contribution is 0.584. The van der Waals surface area contributed by atoms with Crippen LogP contribution in [-0.2, 0) is 0 Å². The van der Waals surface area contributed by atoms with Crippen LogP contribution in [-0.4, -0.2) is 23.5 Å². The molecule has 0 radical (unpaired) electrons. The van der Waals surface area contributed by atoms with Crippen LogP contribution < -0.4 is 4.90 Å². The molecule has 1 saturated heterocycles. The molecule has 72 valence electrons. The zero-order chi connectivity index (χ0) is 9.26. The van der Waals surface area contributed by atoms with Gasteiger partial charge in [0.05, 0.1) is 5.69 Å². The summed E-state index contributed by atoms with van der Waals surface area (Å²) in [6, 6.07) is 0. The number of rotatable bonds is 1. The zero-order valence-corrected chi connectivity index (χ0v) is 9.24. The number of nitrogens with zero attached hydrogens (tertiary/aromatic N) is 2. The summed E-state index contributed by atoms with van der Waals surface area (Å²) in [7, 11) is 0. The summed E-state index contributed by atoms with van der Waals surface area (Å²) >= 11 is 7.76. The Balaban J connectivity index is 2.02. The van der Waals surface area contributed by atoms with E-state index < -0.39 is 0 Å². The molecule has 1 aliphatic heterocycles. The quantitative estimate of drug-likeness (QED) is 0.671. The van der Waals surface area contributed by atoms with Crippen LogP contribution in [0.4, 0.5) is 5.13 Å². The first-order valence-corrected chi connectivity index (χ1v) is 5.88. The van der Waals surface area contributed by atoms with Crippen molar-refractivity contribution in [1.29, 1.82) is 0 Å². The van der Waals surface area contributed by atoms with E-state index in [0.717, 1.165) is 36.8 Å². The van der Waals surface area contributed by atoms with Crippen molar-refractivity contribution in [1.82, 2.24) is 4.98 Å². The van der Waals surface area contributed by atoms with Crippen LogP contribution in [0.25, 0.3) is 0 Å². The number of thiazole rings is 1. The van der Waals surface area contributed by atoms with Gasteiger partial charge in [-0.05, 0) is 19.8 Å².